The van der Waals surface area contributed by atoms with Crippen molar-refractivity contribution in [3.05, 3.63) is 41.9 Å². The van der Waals surface area contributed by atoms with E-state index in [9.17, 15) is 4.79 Å². The fourth-order valence-electron chi connectivity index (χ4n) is 1.60. The number of nitrogens with two attached hydrogens (primary N) is 1. The van der Waals surface area contributed by atoms with Crippen LogP contribution in [-0.2, 0) is 7.05 Å². The van der Waals surface area contributed by atoms with Crippen LogP contribution in [0.2, 0.25) is 0 Å². The molecule has 2 aromatic rings. The molecule has 1 heterocycles. The van der Waals surface area contributed by atoms with Crippen molar-refractivity contribution in [2.24, 2.45) is 12.8 Å². The van der Waals surface area contributed by atoms with Gasteiger partial charge in [-0.1, -0.05) is 12.1 Å². The van der Waals surface area contributed by atoms with Gasteiger partial charge in [0.2, 0.25) is 5.91 Å². The Hall–Kier alpha value is -2.10. The number of hydrogen-bond acceptors (Lipinski definition) is 2. The minimum atomic E-state index is -0.416. The molecule has 2 N–H and O–H groups in total. The molecule has 4 heteroatoms. The third-order valence-electron chi connectivity index (χ3n) is 2.66. The van der Waals surface area contributed by atoms with Crippen molar-refractivity contribution in [1.82, 2.24) is 9.55 Å². The summed E-state index contributed by atoms with van der Waals surface area (Å²) in [5, 5.41) is 0. The molecule has 0 aliphatic carbocycles. The molecule has 0 aliphatic heterocycles. The first kappa shape index (κ1) is 10.4. The van der Waals surface area contributed by atoms with E-state index in [1.165, 1.54) is 0 Å². The summed E-state index contributed by atoms with van der Waals surface area (Å²) < 4.78 is 1.97. The van der Waals surface area contributed by atoms with Gasteiger partial charge in [0.15, 0.2) is 0 Å². The largest absolute Gasteiger partial charge is 0.366 e. The molecule has 4 nitrogen and oxygen atoms in total. The number of aryl methyl sites for hydroxylation is 1. The number of carbonyl (C=O) groups is 1. The topological polar surface area (TPSA) is 60.9 Å². The summed E-state index contributed by atoms with van der Waals surface area (Å²) in [5.41, 5.74) is 7.67. The van der Waals surface area contributed by atoms with Gasteiger partial charge in [0.1, 0.15) is 5.82 Å². The Labute approximate surface area is 93.7 Å². The number of primary amides is 1. The van der Waals surface area contributed by atoms with Crippen LogP contribution in [0.4, 0.5) is 0 Å². The molecule has 2 rings (SSSR count). The van der Waals surface area contributed by atoms with Crippen LogP contribution in [0, 0.1) is 6.92 Å². The van der Waals surface area contributed by atoms with Gasteiger partial charge in [-0.25, -0.2) is 4.98 Å². The number of nitrogens with zero attached hydrogens (tertiary/aromatic N) is 2. The van der Waals surface area contributed by atoms with E-state index in [-0.39, 0.29) is 0 Å². The average molecular weight is 215 g/mol. The molecular weight excluding hydrogens is 202 g/mol. The van der Waals surface area contributed by atoms with E-state index in [4.69, 9.17) is 5.73 Å². The van der Waals surface area contributed by atoms with Crippen molar-refractivity contribution in [2.45, 2.75) is 6.92 Å². The maximum atomic E-state index is 11.1. The van der Waals surface area contributed by atoms with Crippen molar-refractivity contribution in [3.63, 3.8) is 0 Å². The molecule has 82 valence electrons. The number of aromatic nitrogens is 2. The van der Waals surface area contributed by atoms with Crippen LogP contribution in [0.1, 0.15) is 16.2 Å². The summed E-state index contributed by atoms with van der Waals surface area (Å²) in [6, 6.07) is 7.23. The van der Waals surface area contributed by atoms with Gasteiger partial charge >= 0.3 is 0 Å². The molecule has 0 radical (unpaired) electrons. The van der Waals surface area contributed by atoms with E-state index in [1.807, 2.05) is 30.7 Å². The molecule has 0 saturated heterocycles. The van der Waals surface area contributed by atoms with Gasteiger partial charge in [-0.2, -0.15) is 0 Å². The molecular formula is C12H13N3O. The lowest BCUT2D eigenvalue weighted by atomic mass is 10.1. The van der Waals surface area contributed by atoms with Crippen molar-refractivity contribution >= 4 is 5.91 Å². The summed E-state index contributed by atoms with van der Waals surface area (Å²) in [7, 11) is 1.94. The van der Waals surface area contributed by atoms with E-state index >= 15 is 0 Å². The average Bonchev–Trinajstić information content (AvgIpc) is 2.60. The van der Waals surface area contributed by atoms with E-state index in [0.29, 0.717) is 5.56 Å². The second kappa shape index (κ2) is 3.81. The summed E-state index contributed by atoms with van der Waals surface area (Å²) >= 11 is 0. The van der Waals surface area contributed by atoms with Gasteiger partial charge in [-0.05, 0) is 19.1 Å². The van der Waals surface area contributed by atoms with Gasteiger partial charge < -0.3 is 10.3 Å². The van der Waals surface area contributed by atoms with E-state index in [1.54, 1.807) is 18.3 Å². The third-order valence-corrected chi connectivity index (χ3v) is 2.66. The maximum Gasteiger partial charge on any atom is 0.248 e. The molecule has 0 unspecified atom stereocenters. The highest BCUT2D eigenvalue weighted by Gasteiger charge is 2.07. The van der Waals surface area contributed by atoms with Gasteiger partial charge in [0, 0.05) is 18.2 Å². The number of amides is 1. The van der Waals surface area contributed by atoms with Crippen molar-refractivity contribution in [1.29, 1.82) is 0 Å². The van der Waals surface area contributed by atoms with Crippen molar-refractivity contribution in [2.75, 3.05) is 0 Å². The fraction of sp³-hybridized carbons (Fsp3) is 0.167. The van der Waals surface area contributed by atoms with Crippen molar-refractivity contribution in [3.8, 4) is 11.3 Å². The molecule has 0 aliphatic rings. The summed E-state index contributed by atoms with van der Waals surface area (Å²) in [6.07, 6.45) is 1.79. The molecule has 1 aromatic carbocycles. The lowest BCUT2D eigenvalue weighted by molar-refractivity contribution is 0.100. The SMILES string of the molecule is Cc1ncc(-c2cccc(C(N)=O)c2)n1C. The van der Waals surface area contributed by atoms with Crippen LogP contribution in [-0.4, -0.2) is 15.5 Å². The fourth-order valence-corrected chi connectivity index (χ4v) is 1.60. The maximum absolute atomic E-state index is 11.1. The van der Waals surface area contributed by atoms with Gasteiger partial charge in [0.25, 0.3) is 0 Å². The van der Waals surface area contributed by atoms with Gasteiger partial charge in [0.05, 0.1) is 11.9 Å². The zero-order valence-electron chi connectivity index (χ0n) is 9.27. The summed E-state index contributed by atoms with van der Waals surface area (Å²) in [5.74, 6) is 0.514. The lowest BCUT2D eigenvalue weighted by Crippen LogP contribution is -2.10. The molecule has 1 amide bonds. The zero-order chi connectivity index (χ0) is 11.7. The molecule has 0 fully saturated rings. The highest BCUT2D eigenvalue weighted by Crippen LogP contribution is 2.20. The Bertz CT molecular complexity index is 543. The minimum Gasteiger partial charge on any atom is -0.366 e. The van der Waals surface area contributed by atoms with Crippen LogP contribution < -0.4 is 5.73 Å². The number of benzene rings is 1. The van der Waals surface area contributed by atoms with E-state index < -0.39 is 5.91 Å². The number of carbonyl (C=O) groups excluding carboxylic acids is 1. The Morgan fingerprint density at radius 3 is 2.75 bits per heavy atom. The number of hydrogen-bond donors (Lipinski definition) is 1. The summed E-state index contributed by atoms with van der Waals surface area (Å²) in [4.78, 5) is 15.3. The Kier molecular flexibility index (Phi) is 2.48. The number of imidazole rings is 1. The first-order valence-corrected chi connectivity index (χ1v) is 4.98. The zero-order valence-corrected chi connectivity index (χ0v) is 9.27. The second-order valence-corrected chi connectivity index (χ2v) is 3.69. The quantitative estimate of drug-likeness (QED) is 0.825. The second-order valence-electron chi connectivity index (χ2n) is 3.69. The van der Waals surface area contributed by atoms with Crippen LogP contribution in [0.25, 0.3) is 11.3 Å². The van der Waals surface area contributed by atoms with Gasteiger partial charge in [-0.15, -0.1) is 0 Å². The molecule has 0 spiro atoms. The lowest BCUT2D eigenvalue weighted by Gasteiger charge is -2.04. The Balaban J connectivity index is 2.52. The van der Waals surface area contributed by atoms with Crippen LogP contribution in [0.5, 0.6) is 0 Å². The van der Waals surface area contributed by atoms with Gasteiger partial charge in [-0.3, -0.25) is 4.79 Å². The van der Waals surface area contributed by atoms with E-state index in [2.05, 4.69) is 4.98 Å². The standard InChI is InChI=1S/C12H13N3O/c1-8-14-7-11(15(8)2)9-4-3-5-10(6-9)12(13)16/h3-7H,1-2H3,(H2,13,16). The molecule has 0 atom stereocenters. The summed E-state index contributed by atoms with van der Waals surface area (Å²) in [6.45, 7) is 1.93. The van der Waals surface area contributed by atoms with Crippen LogP contribution in [0.15, 0.2) is 30.5 Å². The minimum absolute atomic E-state index is 0.416. The smallest absolute Gasteiger partial charge is 0.248 e. The third kappa shape index (κ3) is 1.69. The predicted octanol–water partition coefficient (Wildman–Crippen LogP) is 1.49. The molecule has 1 aromatic heterocycles. The predicted molar refractivity (Wildman–Crippen MR) is 61.9 cm³/mol. The Morgan fingerprint density at radius 2 is 2.19 bits per heavy atom. The first-order chi connectivity index (χ1) is 7.59. The normalized spacial score (nSPS) is 10.4. The van der Waals surface area contributed by atoms with Crippen LogP contribution >= 0.6 is 0 Å². The molecule has 16 heavy (non-hydrogen) atoms. The monoisotopic (exact) mass is 215 g/mol. The van der Waals surface area contributed by atoms with E-state index in [0.717, 1.165) is 17.1 Å². The first-order valence-electron chi connectivity index (χ1n) is 4.98. The molecule has 0 bridgehead atoms. The molecule has 0 saturated carbocycles. The highest BCUT2D eigenvalue weighted by molar-refractivity contribution is 5.93. The Morgan fingerprint density at radius 1 is 1.44 bits per heavy atom. The van der Waals surface area contributed by atoms with Crippen LogP contribution in [0.3, 0.4) is 0 Å². The van der Waals surface area contributed by atoms with Crippen molar-refractivity contribution < 1.29 is 4.79 Å². The number of rotatable bonds is 2. The highest BCUT2D eigenvalue weighted by atomic mass is 16.1.